The fraction of sp³-hybridized carbons (Fsp3) is 0.508. The maximum absolute atomic E-state index is 14.4. The van der Waals surface area contributed by atoms with Crippen LogP contribution in [0.15, 0.2) is 55.4 Å². The molecule has 0 fully saturated rings. The number of thioether (sulfide) groups is 1. The van der Waals surface area contributed by atoms with Gasteiger partial charge in [0.25, 0.3) is 0 Å². The number of nitrogens with one attached hydrogen (secondary N) is 20. The summed E-state index contributed by atoms with van der Waals surface area (Å²) in [7, 11) is 0. The fourth-order valence-electron chi connectivity index (χ4n) is 10.1. The number of rotatable bonds is 53. The first-order valence-corrected chi connectivity index (χ1v) is 35.5. The maximum Gasteiger partial charge on any atom is 0.326 e. The average Bonchev–Trinajstić information content (AvgIpc) is 1.77. The number of aliphatic hydroxyl groups excluding tert-OH is 1. The van der Waals surface area contributed by atoms with Crippen molar-refractivity contribution < 1.29 is 102 Å². The number of carboxylic acid groups (broad SMARTS) is 4. The van der Waals surface area contributed by atoms with Gasteiger partial charge in [-0.3, -0.25) is 88.1 Å². The number of aliphatic hydroxyl groups is 1. The molecule has 2 aromatic heterocycles. The Morgan fingerprint density at radius 1 is 0.423 bits per heavy atom. The van der Waals surface area contributed by atoms with Crippen molar-refractivity contribution in [2.75, 3.05) is 51.3 Å². The van der Waals surface area contributed by atoms with E-state index in [2.05, 4.69) is 99.7 Å². The van der Waals surface area contributed by atoms with Crippen molar-refractivity contribution in [2.45, 2.75) is 150 Å². The number of aliphatic carboxylic acids is 4. The molecule has 47 nitrogen and oxygen atoms in total. The van der Waals surface area contributed by atoms with Gasteiger partial charge >= 0.3 is 23.9 Å². The molecule has 1 aromatic carbocycles. The Morgan fingerprint density at radius 3 is 1.15 bits per heavy atom. The molecular weight excluding hydrogens is 1490 g/mol. The molecular formula is C63H96N26O21S. The smallest absolute Gasteiger partial charge is 0.326 e. The number of H-pyrrole nitrogens is 2. The predicted molar refractivity (Wildman–Crippen MR) is 390 cm³/mol. The molecule has 0 aliphatic carbocycles. The Bertz CT molecular complexity index is 3690. The largest absolute Gasteiger partial charge is 0.481 e. The predicted octanol–water partition coefficient (Wildman–Crippen LogP) is -10.4. The highest BCUT2D eigenvalue weighted by atomic mass is 32.2. The Kier molecular flexibility index (Phi) is 41.0. The monoisotopic (exact) mass is 1580 g/mol. The van der Waals surface area contributed by atoms with Crippen molar-refractivity contribution in [3.63, 3.8) is 0 Å². The lowest BCUT2D eigenvalue weighted by Crippen LogP contribution is -2.61. The number of amides is 12. The molecule has 48 heteroatoms. The van der Waals surface area contributed by atoms with Crippen LogP contribution in [0.2, 0.25) is 0 Å². The van der Waals surface area contributed by atoms with Gasteiger partial charge < -0.3 is 138 Å². The van der Waals surface area contributed by atoms with Gasteiger partial charge in [0.15, 0.2) is 17.9 Å². The fourth-order valence-corrected chi connectivity index (χ4v) is 10.5. The molecule has 3 rings (SSSR count). The van der Waals surface area contributed by atoms with Crippen LogP contribution in [0.25, 0.3) is 0 Å². The number of nitrogens with two attached hydrogens (primary N) is 4. The summed E-state index contributed by atoms with van der Waals surface area (Å²) in [5.74, 6) is -21.4. The first kappa shape index (κ1) is 92.4. The van der Waals surface area contributed by atoms with E-state index in [9.17, 15) is 102 Å². The van der Waals surface area contributed by atoms with Gasteiger partial charge in [0, 0.05) is 51.3 Å². The van der Waals surface area contributed by atoms with Crippen LogP contribution in [-0.4, -0.2) is 276 Å². The summed E-state index contributed by atoms with van der Waals surface area (Å²) in [5, 5.41) is 107. The highest BCUT2D eigenvalue weighted by molar-refractivity contribution is 7.98. The number of guanidine groups is 3. The first-order chi connectivity index (χ1) is 52.6. The topological polar surface area (TPSA) is 788 Å². The summed E-state index contributed by atoms with van der Waals surface area (Å²) in [6.45, 7) is -2.93. The number of aromatic amines is 2. The number of imidazole rings is 2. The number of carbonyl (C=O) groups is 16. The van der Waals surface area contributed by atoms with Crippen LogP contribution in [0.5, 0.6) is 0 Å². The number of carbonyl (C=O) groups excluding carboxylic acids is 12. The lowest BCUT2D eigenvalue weighted by atomic mass is 10.0. The van der Waals surface area contributed by atoms with Gasteiger partial charge in [-0.15, -0.1) is 0 Å². The number of nitrogens with zero attached hydrogens (tertiary/aromatic N) is 2. The molecule has 3 aromatic rings. The average molecular weight is 1590 g/mol. The first-order valence-electron chi connectivity index (χ1n) is 34.1. The van der Waals surface area contributed by atoms with Crippen LogP contribution in [-0.2, 0) is 96.0 Å². The summed E-state index contributed by atoms with van der Waals surface area (Å²) >= 11 is 1.17. The van der Waals surface area contributed by atoms with Crippen LogP contribution in [0.4, 0.5) is 0 Å². The quantitative estimate of drug-likeness (QED) is 0.0142. The SMILES string of the molecule is CSCC[C@H](NC(=O)[C@H](CC(=O)O)NC(=O)CNC(=O)[C@H](CCCNC(=N)N)NC(=O)[C@H](CC(=O)O)NC(=O)CNC(=O)[C@@H](N)CCCNC(=N)N)C(=O)N[C@@H](Cc1c[nH]cn1)C(=O)N[C@@H](CO)C(=O)N[C@@H](Cc1c[nH]cn1)C(=O)N[C@@H](CCCNC(=N)N)C(=O)N[C@@H](CC(=O)O)C(=O)N[C@@H](Cc1ccccc1)C(=O)O. The van der Waals surface area contributed by atoms with E-state index in [1.54, 1.807) is 36.6 Å². The van der Waals surface area contributed by atoms with Crippen LogP contribution in [0.3, 0.4) is 0 Å². The van der Waals surface area contributed by atoms with E-state index < -0.39 is 225 Å². The zero-order valence-electron chi connectivity index (χ0n) is 60.1. The van der Waals surface area contributed by atoms with Gasteiger partial charge in [-0.05, 0) is 62.5 Å². The van der Waals surface area contributed by atoms with E-state index in [4.69, 9.17) is 39.2 Å². The summed E-state index contributed by atoms with van der Waals surface area (Å²) in [4.78, 5) is 227. The van der Waals surface area contributed by atoms with Gasteiger partial charge in [-0.25, -0.2) is 14.8 Å². The molecule has 0 aliphatic rings. The summed E-state index contributed by atoms with van der Waals surface area (Å²) < 4.78 is 0. The molecule has 2 heterocycles. The van der Waals surface area contributed by atoms with E-state index in [0.29, 0.717) is 12.0 Å². The van der Waals surface area contributed by atoms with Gasteiger partial charge in [0.1, 0.15) is 60.4 Å². The third-order valence-electron chi connectivity index (χ3n) is 15.7. The molecule has 111 heavy (non-hydrogen) atoms. The Balaban J connectivity index is 1.86. The van der Waals surface area contributed by atoms with Crippen molar-refractivity contribution in [2.24, 2.45) is 22.9 Å². The molecule has 0 saturated carbocycles. The zero-order valence-corrected chi connectivity index (χ0v) is 60.9. The van der Waals surface area contributed by atoms with Gasteiger partial charge in [-0.2, -0.15) is 11.8 Å². The van der Waals surface area contributed by atoms with Crippen molar-refractivity contribution in [3.05, 3.63) is 72.3 Å². The maximum atomic E-state index is 14.4. The van der Waals surface area contributed by atoms with Gasteiger partial charge in [-0.1, -0.05) is 30.3 Å². The molecule has 610 valence electrons. The highest BCUT2D eigenvalue weighted by Crippen LogP contribution is 2.11. The van der Waals surface area contributed by atoms with E-state index in [-0.39, 0.29) is 87.7 Å². The molecule has 0 spiro atoms. The molecule has 0 aliphatic heterocycles. The van der Waals surface area contributed by atoms with Gasteiger partial charge in [0.2, 0.25) is 70.9 Å². The van der Waals surface area contributed by atoms with Crippen molar-refractivity contribution in [1.29, 1.82) is 16.2 Å². The number of aromatic nitrogens is 4. The third kappa shape index (κ3) is 37.1. The van der Waals surface area contributed by atoms with E-state index in [1.807, 2.05) is 0 Å². The Labute approximate surface area is 636 Å². The van der Waals surface area contributed by atoms with Crippen LogP contribution < -0.4 is 103 Å². The molecule has 0 radical (unpaired) electrons. The summed E-state index contributed by atoms with van der Waals surface area (Å²) in [5.41, 5.74) is 22.6. The number of benzene rings is 1. The van der Waals surface area contributed by atoms with Gasteiger partial charge in [0.05, 0.1) is 69.0 Å². The van der Waals surface area contributed by atoms with Crippen molar-refractivity contribution in [3.8, 4) is 0 Å². The minimum Gasteiger partial charge on any atom is -0.481 e. The number of carboxylic acids is 4. The summed E-state index contributed by atoms with van der Waals surface area (Å²) in [6.07, 6.45) is 1.72. The van der Waals surface area contributed by atoms with Crippen molar-refractivity contribution in [1.82, 2.24) is 99.7 Å². The minimum absolute atomic E-state index is 0.0275. The zero-order chi connectivity index (χ0) is 82.7. The molecule has 0 bridgehead atoms. The molecule has 0 saturated heterocycles. The van der Waals surface area contributed by atoms with Crippen LogP contribution in [0, 0.1) is 16.2 Å². The normalized spacial score (nSPS) is 13.8. The Morgan fingerprint density at radius 2 is 0.766 bits per heavy atom. The number of hydrogen-bond acceptors (Lipinski definition) is 24. The van der Waals surface area contributed by atoms with E-state index >= 15 is 0 Å². The molecule has 0 unspecified atom stereocenters. The molecule has 11 atom stereocenters. The van der Waals surface area contributed by atoms with Crippen LogP contribution >= 0.6 is 11.8 Å². The second kappa shape index (κ2) is 49.2. The molecule has 33 N–H and O–H groups in total. The molecule has 12 amide bonds. The van der Waals surface area contributed by atoms with Crippen molar-refractivity contribution >= 4 is 124 Å². The van der Waals surface area contributed by atoms with Crippen LogP contribution in [0.1, 0.15) is 81.2 Å². The standard InChI is InChI=1S/C63H96N26O21S/c1-111-17-13-37(84-57(106)41(22-48(95)96)81-46(92)27-77-51(100)35(11-6-15-74-62(67)68)82-56(105)40(21-47(93)94)80-45(91)26-76-50(99)34(64)10-5-14-73-61(65)66)53(102)85-39(20-33-25-72-30-79-33)55(104)89-44(28-90)59(108)86-38(19-32-24-71-29-78-32)54(103)83-36(12-7-16-75-63(69)70)52(101)87-42(23-49(97)98)58(107)88-43(60(109)110)18-31-8-3-2-4-9-31/h2-4,8-9,24-25,29-30,34-44,90H,5-7,10-23,26-28,64H2,1H3,(H,71,78)(H,72,79)(H,76,99)(H,77,100)(H,80,91)(H,81,92)(H,82,105)(H,83,103)(H,84,106)(H,85,102)(H,86,108)(H,87,101)(H,88,107)(H,89,104)(H,93,94)(H,95,96)(H,97,98)(H,109,110)(H4,65,66,73)(H4,67,68,74)(H4,69,70,75)/t34-,35-,36-,37-,38-,39-,40-,41-,42-,43-,44-/m0/s1. The third-order valence-corrected chi connectivity index (χ3v) is 16.3. The lowest BCUT2D eigenvalue weighted by Gasteiger charge is -2.27. The highest BCUT2D eigenvalue weighted by Gasteiger charge is 2.37. The second-order valence-electron chi connectivity index (χ2n) is 24.5. The van der Waals surface area contributed by atoms with E-state index in [1.165, 1.54) is 36.8 Å². The number of hydrogen-bond donors (Lipinski definition) is 29. The lowest BCUT2D eigenvalue weighted by molar-refractivity contribution is -0.144. The second-order valence-corrected chi connectivity index (χ2v) is 25.5. The minimum atomic E-state index is -2.01. The summed E-state index contributed by atoms with van der Waals surface area (Å²) in [6, 6.07) is -10.9. The Hall–Kier alpha value is -12.8. The van der Waals surface area contributed by atoms with E-state index in [0.717, 1.165) is 0 Å².